The van der Waals surface area contributed by atoms with Crippen LogP contribution in [0.25, 0.3) is 95.6 Å². The van der Waals surface area contributed by atoms with Gasteiger partial charge >= 0.3 is 0 Å². The highest BCUT2D eigenvalue weighted by Gasteiger charge is 2.20. The van der Waals surface area contributed by atoms with E-state index in [9.17, 15) is 0 Å². The Morgan fingerprint density at radius 2 is 1.13 bits per heavy atom. The molecule has 0 bridgehead atoms. The molecule has 0 radical (unpaired) electrons. The highest BCUT2D eigenvalue weighted by atomic mass is 32.2. The molecule has 258 valence electrons. The standard InChI is InChI=1S/C51H32N2OS/c1-3-14-35(15-4-1)51-52-45-30-37(27-28-46(45)53(51)38-16-5-2-6-17-38)36-26-25-34-24-23-33-13-7-8-18-39(33)41-20-10-12-22-49(41)55-50-32-43-40-19-9-11-21-47(40)54-48(43)31-44(50)42(34)29-36/h1-32H. The molecule has 0 amide bonds. The van der Waals surface area contributed by atoms with E-state index in [0.29, 0.717) is 0 Å². The smallest absolute Gasteiger partial charge is 0.145 e. The third kappa shape index (κ3) is 5.41. The maximum absolute atomic E-state index is 6.52. The molecule has 0 fully saturated rings. The summed E-state index contributed by atoms with van der Waals surface area (Å²) in [6, 6.07) is 64.8. The van der Waals surface area contributed by atoms with E-state index < -0.39 is 0 Å². The van der Waals surface area contributed by atoms with Crippen molar-refractivity contribution in [2.75, 3.05) is 0 Å². The summed E-state index contributed by atoms with van der Waals surface area (Å²) in [7, 11) is 0. The van der Waals surface area contributed by atoms with Crippen molar-refractivity contribution in [3.05, 3.63) is 193 Å². The Morgan fingerprint density at radius 3 is 2.00 bits per heavy atom. The molecule has 11 rings (SSSR count). The number of hydrogen-bond acceptors (Lipinski definition) is 3. The maximum Gasteiger partial charge on any atom is 0.145 e. The molecule has 3 heterocycles. The summed E-state index contributed by atoms with van der Waals surface area (Å²) in [5.74, 6) is 0.923. The Labute approximate surface area is 322 Å². The van der Waals surface area contributed by atoms with Crippen molar-refractivity contribution in [3.8, 4) is 50.5 Å². The van der Waals surface area contributed by atoms with Crippen molar-refractivity contribution in [1.29, 1.82) is 0 Å². The first kappa shape index (κ1) is 31.6. The first-order valence-corrected chi connectivity index (χ1v) is 19.3. The van der Waals surface area contributed by atoms with Crippen LogP contribution in [0.4, 0.5) is 0 Å². The summed E-state index contributed by atoms with van der Waals surface area (Å²) in [5.41, 5.74) is 15.3. The van der Waals surface area contributed by atoms with Crippen molar-refractivity contribution in [2.45, 2.75) is 9.79 Å². The number of nitrogens with zero attached hydrogens (tertiary/aromatic N) is 2. The van der Waals surface area contributed by atoms with Gasteiger partial charge in [-0.25, -0.2) is 4.98 Å². The van der Waals surface area contributed by atoms with Crippen molar-refractivity contribution in [2.24, 2.45) is 0 Å². The molecule has 0 spiro atoms. The quantitative estimate of drug-likeness (QED) is 0.182. The Kier molecular flexibility index (Phi) is 7.42. The molecule has 0 saturated heterocycles. The van der Waals surface area contributed by atoms with Crippen LogP contribution in [0.5, 0.6) is 0 Å². The van der Waals surface area contributed by atoms with Gasteiger partial charge in [-0.1, -0.05) is 151 Å². The van der Waals surface area contributed by atoms with Crippen LogP contribution in [0.3, 0.4) is 0 Å². The number of para-hydroxylation sites is 2. The molecule has 2 aromatic heterocycles. The van der Waals surface area contributed by atoms with E-state index in [1.165, 1.54) is 26.5 Å². The van der Waals surface area contributed by atoms with Crippen LogP contribution in [0, 0.1) is 0 Å². The summed E-state index contributed by atoms with van der Waals surface area (Å²) in [6.45, 7) is 0. The second-order valence-electron chi connectivity index (χ2n) is 13.9. The predicted molar refractivity (Wildman–Crippen MR) is 230 cm³/mol. The van der Waals surface area contributed by atoms with Gasteiger partial charge in [-0.05, 0) is 99.1 Å². The van der Waals surface area contributed by atoms with E-state index >= 15 is 0 Å². The molecule has 8 aromatic carbocycles. The average molecular weight is 721 g/mol. The lowest BCUT2D eigenvalue weighted by atomic mass is 9.92. The molecule has 0 atom stereocenters. The third-order valence-corrected chi connectivity index (χ3v) is 11.8. The lowest BCUT2D eigenvalue weighted by Gasteiger charge is -2.16. The molecular formula is C51H32N2OS. The molecule has 55 heavy (non-hydrogen) atoms. The fraction of sp³-hybridized carbons (Fsp3) is 0. The molecule has 0 saturated carbocycles. The number of fused-ring (bicyclic) bond motifs is 10. The predicted octanol–water partition coefficient (Wildman–Crippen LogP) is 14.2. The topological polar surface area (TPSA) is 31.0 Å². The Morgan fingerprint density at radius 1 is 0.436 bits per heavy atom. The zero-order valence-electron chi connectivity index (χ0n) is 29.7. The molecule has 3 nitrogen and oxygen atoms in total. The monoisotopic (exact) mass is 720 g/mol. The van der Waals surface area contributed by atoms with Crippen LogP contribution in [-0.2, 0) is 0 Å². The van der Waals surface area contributed by atoms with Gasteiger partial charge in [0.25, 0.3) is 0 Å². The normalized spacial score (nSPS) is 12.2. The van der Waals surface area contributed by atoms with Crippen LogP contribution >= 0.6 is 11.8 Å². The van der Waals surface area contributed by atoms with Gasteiger partial charge in [0, 0.05) is 31.8 Å². The summed E-state index contributed by atoms with van der Waals surface area (Å²) in [4.78, 5) is 7.66. The fourth-order valence-electron chi connectivity index (χ4n) is 8.00. The van der Waals surface area contributed by atoms with Crippen LogP contribution in [0.15, 0.2) is 196 Å². The van der Waals surface area contributed by atoms with Crippen LogP contribution in [0.1, 0.15) is 11.1 Å². The van der Waals surface area contributed by atoms with Gasteiger partial charge in [0.05, 0.1) is 11.0 Å². The van der Waals surface area contributed by atoms with Crippen molar-refractivity contribution in [3.63, 3.8) is 0 Å². The van der Waals surface area contributed by atoms with E-state index in [2.05, 4.69) is 187 Å². The summed E-state index contributed by atoms with van der Waals surface area (Å²) in [6.07, 6.45) is 4.52. The van der Waals surface area contributed by atoms with Crippen molar-refractivity contribution in [1.82, 2.24) is 9.55 Å². The largest absolute Gasteiger partial charge is 0.456 e. The number of furan rings is 1. The molecule has 10 aromatic rings. The molecule has 0 N–H and O–H groups in total. The van der Waals surface area contributed by atoms with Gasteiger partial charge in [-0.2, -0.15) is 0 Å². The second kappa shape index (κ2) is 12.9. The lowest BCUT2D eigenvalue weighted by molar-refractivity contribution is 0.669. The summed E-state index contributed by atoms with van der Waals surface area (Å²) >= 11 is 1.82. The van der Waals surface area contributed by atoms with Gasteiger partial charge in [-0.3, -0.25) is 4.57 Å². The van der Waals surface area contributed by atoms with Crippen LogP contribution in [-0.4, -0.2) is 9.55 Å². The zero-order chi connectivity index (χ0) is 36.3. The third-order valence-electron chi connectivity index (χ3n) is 10.7. The fourth-order valence-corrected chi connectivity index (χ4v) is 9.13. The van der Waals surface area contributed by atoms with Gasteiger partial charge < -0.3 is 4.42 Å². The summed E-state index contributed by atoms with van der Waals surface area (Å²) in [5, 5.41) is 2.25. The van der Waals surface area contributed by atoms with Gasteiger partial charge in [0.1, 0.15) is 17.0 Å². The Hall–Kier alpha value is -6.88. The van der Waals surface area contributed by atoms with Crippen molar-refractivity contribution < 1.29 is 4.42 Å². The van der Waals surface area contributed by atoms with Gasteiger partial charge in [-0.15, -0.1) is 0 Å². The zero-order valence-corrected chi connectivity index (χ0v) is 30.5. The first-order valence-electron chi connectivity index (χ1n) is 18.5. The molecule has 0 aliphatic carbocycles. The maximum atomic E-state index is 6.52. The minimum atomic E-state index is 0.883. The highest BCUT2D eigenvalue weighted by Crippen LogP contribution is 2.47. The van der Waals surface area contributed by atoms with Crippen LogP contribution < -0.4 is 0 Å². The van der Waals surface area contributed by atoms with E-state index in [4.69, 9.17) is 9.40 Å². The minimum absolute atomic E-state index is 0.883. The number of aromatic nitrogens is 2. The Balaban J connectivity index is 1.14. The van der Waals surface area contributed by atoms with E-state index in [-0.39, 0.29) is 0 Å². The van der Waals surface area contributed by atoms with E-state index in [0.717, 1.165) is 77.9 Å². The van der Waals surface area contributed by atoms with E-state index in [1.807, 2.05) is 23.9 Å². The first-order chi connectivity index (χ1) is 27.2. The number of imidazole rings is 1. The molecular weight excluding hydrogens is 689 g/mol. The molecule has 1 aliphatic heterocycles. The SMILES string of the molecule is C1=Cc2ccc(-c3ccc4c(c3)nc(-c3ccccc3)n4-c3ccccc3)cc2-c2cc3oc4ccccc4c3cc2Sc2ccccc2-c2ccccc21. The number of rotatable bonds is 3. The van der Waals surface area contributed by atoms with Gasteiger partial charge in [0.15, 0.2) is 0 Å². The molecule has 1 aliphatic rings. The van der Waals surface area contributed by atoms with E-state index in [1.54, 1.807) is 0 Å². The van der Waals surface area contributed by atoms with Gasteiger partial charge in [0.2, 0.25) is 0 Å². The lowest BCUT2D eigenvalue weighted by Crippen LogP contribution is -1.97. The number of hydrogen-bond donors (Lipinski definition) is 0. The van der Waals surface area contributed by atoms with Crippen LogP contribution in [0.2, 0.25) is 0 Å². The Bertz CT molecular complexity index is 3120. The molecule has 4 heteroatoms. The second-order valence-corrected chi connectivity index (χ2v) is 15.0. The van der Waals surface area contributed by atoms with Crippen molar-refractivity contribution >= 4 is 56.9 Å². The number of benzene rings is 8. The summed E-state index contributed by atoms with van der Waals surface area (Å²) < 4.78 is 8.78. The highest BCUT2D eigenvalue weighted by molar-refractivity contribution is 7.99. The average Bonchev–Trinajstić information content (AvgIpc) is 3.81. The minimum Gasteiger partial charge on any atom is -0.456 e. The molecule has 0 unspecified atom stereocenters.